The van der Waals surface area contributed by atoms with Gasteiger partial charge < -0.3 is 10.2 Å². The predicted octanol–water partition coefficient (Wildman–Crippen LogP) is 4.48. The van der Waals surface area contributed by atoms with Gasteiger partial charge in [0.1, 0.15) is 5.82 Å². The third-order valence-corrected chi connectivity index (χ3v) is 5.20. The Kier molecular flexibility index (Phi) is 5.92. The average Bonchev–Trinajstić information content (AvgIpc) is 2.64. The number of nitrogens with zero attached hydrogens (tertiary/aromatic N) is 1. The van der Waals surface area contributed by atoms with E-state index < -0.39 is 0 Å². The Balaban J connectivity index is 1.54. The molecule has 0 radical (unpaired) electrons. The van der Waals surface area contributed by atoms with Crippen molar-refractivity contribution in [1.82, 2.24) is 5.32 Å². The van der Waals surface area contributed by atoms with E-state index in [1.54, 1.807) is 12.1 Å². The number of piperidine rings is 1. The minimum Gasteiger partial charge on any atom is -0.372 e. The number of hydrogen-bond acceptors (Lipinski definition) is 2. The van der Waals surface area contributed by atoms with Crippen molar-refractivity contribution in [1.29, 1.82) is 0 Å². The Morgan fingerprint density at radius 2 is 1.73 bits per heavy atom. The highest BCUT2D eigenvalue weighted by atomic mass is 19.1. The number of anilines is 1. The first kappa shape index (κ1) is 18.4. The zero-order chi connectivity index (χ0) is 18.5. The van der Waals surface area contributed by atoms with Gasteiger partial charge in [-0.15, -0.1) is 0 Å². The highest BCUT2D eigenvalue weighted by molar-refractivity contribution is 5.79. The Bertz CT molecular complexity index is 719. The van der Waals surface area contributed by atoms with E-state index in [1.807, 2.05) is 6.92 Å². The summed E-state index contributed by atoms with van der Waals surface area (Å²) in [6.07, 6.45) is 2.75. The van der Waals surface area contributed by atoms with Crippen molar-refractivity contribution < 1.29 is 9.18 Å². The summed E-state index contributed by atoms with van der Waals surface area (Å²) in [6.45, 7) is 6.53. The van der Waals surface area contributed by atoms with E-state index in [0.29, 0.717) is 0 Å². The molecule has 1 amide bonds. The molecule has 2 aromatic rings. The van der Waals surface area contributed by atoms with Gasteiger partial charge in [0.2, 0.25) is 5.91 Å². The fraction of sp³-hybridized carbons (Fsp3) is 0.409. The molecule has 0 bridgehead atoms. The van der Waals surface area contributed by atoms with Crippen molar-refractivity contribution >= 4 is 11.6 Å². The molecule has 1 unspecified atom stereocenters. The molecule has 1 aliphatic heterocycles. The lowest BCUT2D eigenvalue weighted by Crippen LogP contribution is -2.32. The zero-order valence-electron chi connectivity index (χ0n) is 15.5. The van der Waals surface area contributed by atoms with Gasteiger partial charge in [0.05, 0.1) is 12.5 Å². The van der Waals surface area contributed by atoms with Gasteiger partial charge in [-0.25, -0.2) is 4.39 Å². The number of amides is 1. The fourth-order valence-electron chi connectivity index (χ4n) is 3.40. The molecule has 2 aromatic carbocycles. The average molecular weight is 354 g/mol. The fourth-order valence-corrected chi connectivity index (χ4v) is 3.40. The number of carbonyl (C=O) groups is 1. The van der Waals surface area contributed by atoms with E-state index in [4.69, 9.17) is 0 Å². The van der Waals surface area contributed by atoms with Crippen LogP contribution in [-0.2, 0) is 11.2 Å². The molecule has 3 nitrogen and oxygen atoms in total. The Hall–Kier alpha value is -2.36. The molecule has 4 heteroatoms. The lowest BCUT2D eigenvalue weighted by Gasteiger charge is -2.32. The molecule has 1 N–H and O–H groups in total. The quantitative estimate of drug-likeness (QED) is 0.858. The zero-order valence-corrected chi connectivity index (χ0v) is 15.5. The van der Waals surface area contributed by atoms with Crippen molar-refractivity contribution in [3.63, 3.8) is 0 Å². The maximum Gasteiger partial charge on any atom is 0.224 e. The second-order valence-electron chi connectivity index (χ2n) is 7.35. The molecule has 26 heavy (non-hydrogen) atoms. The van der Waals surface area contributed by atoms with Crippen LogP contribution in [0.2, 0.25) is 0 Å². The van der Waals surface area contributed by atoms with Gasteiger partial charge in [-0.05, 0) is 61.1 Å². The van der Waals surface area contributed by atoms with Crippen LogP contribution < -0.4 is 10.2 Å². The highest BCUT2D eigenvalue weighted by Gasteiger charge is 2.16. The van der Waals surface area contributed by atoms with E-state index in [-0.39, 0.29) is 24.2 Å². The molecular weight excluding hydrogens is 327 g/mol. The number of carbonyl (C=O) groups excluding carboxylic acids is 1. The Morgan fingerprint density at radius 3 is 2.35 bits per heavy atom. The second kappa shape index (κ2) is 8.35. The van der Waals surface area contributed by atoms with Crippen LogP contribution in [0.5, 0.6) is 0 Å². The van der Waals surface area contributed by atoms with Gasteiger partial charge in [0.25, 0.3) is 0 Å². The standard InChI is InChI=1S/C22H27FN2O/c1-16-11-13-25(14-12-16)21-9-5-19(6-10-21)17(2)24-22(26)15-18-3-7-20(23)8-4-18/h3-10,16-17H,11-15H2,1-2H3,(H,24,26). The number of hydrogen-bond donors (Lipinski definition) is 1. The lowest BCUT2D eigenvalue weighted by molar-refractivity contribution is -0.121. The van der Waals surface area contributed by atoms with E-state index in [2.05, 4.69) is 41.4 Å². The first-order valence-corrected chi connectivity index (χ1v) is 9.40. The van der Waals surface area contributed by atoms with Crippen molar-refractivity contribution in [3.8, 4) is 0 Å². The van der Waals surface area contributed by atoms with Gasteiger partial charge in [-0.3, -0.25) is 4.79 Å². The second-order valence-corrected chi connectivity index (χ2v) is 7.35. The highest BCUT2D eigenvalue weighted by Crippen LogP contribution is 2.24. The summed E-state index contributed by atoms with van der Waals surface area (Å²) in [5, 5.41) is 3.02. The first-order valence-electron chi connectivity index (χ1n) is 9.40. The molecule has 138 valence electrons. The molecule has 0 spiro atoms. The molecule has 1 atom stereocenters. The number of benzene rings is 2. The third kappa shape index (κ3) is 4.84. The number of rotatable bonds is 5. The van der Waals surface area contributed by atoms with E-state index in [1.165, 1.54) is 30.7 Å². The van der Waals surface area contributed by atoms with E-state index in [9.17, 15) is 9.18 Å². The molecule has 3 rings (SSSR count). The van der Waals surface area contributed by atoms with Gasteiger partial charge in [0, 0.05) is 18.8 Å². The van der Waals surface area contributed by atoms with Crippen LogP contribution in [-0.4, -0.2) is 19.0 Å². The van der Waals surface area contributed by atoms with Crippen LogP contribution in [0.3, 0.4) is 0 Å². The van der Waals surface area contributed by atoms with Crippen molar-refractivity contribution in [2.75, 3.05) is 18.0 Å². The SMILES string of the molecule is CC1CCN(c2ccc(C(C)NC(=O)Cc3ccc(F)cc3)cc2)CC1. The number of halogens is 1. The van der Waals surface area contributed by atoms with Gasteiger partial charge in [0.15, 0.2) is 0 Å². The molecule has 0 saturated carbocycles. The summed E-state index contributed by atoms with van der Waals surface area (Å²) >= 11 is 0. The van der Waals surface area contributed by atoms with Gasteiger partial charge in [-0.1, -0.05) is 31.2 Å². The van der Waals surface area contributed by atoms with Crippen molar-refractivity contribution in [3.05, 3.63) is 65.5 Å². The molecule has 0 aromatic heterocycles. The van der Waals surface area contributed by atoms with Gasteiger partial charge >= 0.3 is 0 Å². The van der Waals surface area contributed by atoms with Crippen molar-refractivity contribution in [2.24, 2.45) is 5.92 Å². The normalized spacial score (nSPS) is 16.3. The minimum absolute atomic E-state index is 0.0571. The summed E-state index contributed by atoms with van der Waals surface area (Å²) < 4.78 is 12.9. The van der Waals surface area contributed by atoms with Crippen LogP contribution in [0.25, 0.3) is 0 Å². The van der Waals surface area contributed by atoms with Crippen LogP contribution in [0.15, 0.2) is 48.5 Å². The Morgan fingerprint density at radius 1 is 1.12 bits per heavy atom. The summed E-state index contributed by atoms with van der Waals surface area (Å²) in [5.41, 5.74) is 3.16. The van der Waals surface area contributed by atoms with Crippen LogP contribution in [0.1, 0.15) is 43.9 Å². The molecular formula is C22H27FN2O. The lowest BCUT2D eigenvalue weighted by atomic mass is 9.98. The number of nitrogens with one attached hydrogen (secondary N) is 1. The molecule has 1 heterocycles. The molecule has 1 aliphatic rings. The predicted molar refractivity (Wildman–Crippen MR) is 104 cm³/mol. The van der Waals surface area contributed by atoms with Gasteiger partial charge in [-0.2, -0.15) is 0 Å². The van der Waals surface area contributed by atoms with Crippen LogP contribution >= 0.6 is 0 Å². The van der Waals surface area contributed by atoms with Crippen LogP contribution in [0.4, 0.5) is 10.1 Å². The Labute approximate surface area is 155 Å². The summed E-state index contributed by atoms with van der Waals surface area (Å²) in [5.74, 6) is 0.478. The maximum atomic E-state index is 12.9. The monoisotopic (exact) mass is 354 g/mol. The van der Waals surface area contributed by atoms with Crippen LogP contribution in [0, 0.1) is 11.7 Å². The van der Waals surface area contributed by atoms with Crippen molar-refractivity contribution in [2.45, 2.75) is 39.2 Å². The molecule has 0 aliphatic carbocycles. The first-order chi connectivity index (χ1) is 12.5. The largest absolute Gasteiger partial charge is 0.372 e. The van der Waals surface area contributed by atoms with E-state index >= 15 is 0 Å². The summed E-state index contributed by atoms with van der Waals surface area (Å²) in [7, 11) is 0. The molecule has 1 saturated heterocycles. The summed E-state index contributed by atoms with van der Waals surface area (Å²) in [4.78, 5) is 14.6. The smallest absolute Gasteiger partial charge is 0.224 e. The summed E-state index contributed by atoms with van der Waals surface area (Å²) in [6, 6.07) is 14.5. The minimum atomic E-state index is -0.286. The molecule has 1 fully saturated rings. The topological polar surface area (TPSA) is 32.3 Å². The maximum absolute atomic E-state index is 12.9. The van der Waals surface area contributed by atoms with E-state index in [0.717, 1.165) is 30.1 Å². The third-order valence-electron chi connectivity index (χ3n) is 5.20.